The predicted molar refractivity (Wildman–Crippen MR) is 62.7 cm³/mol. The van der Waals surface area contributed by atoms with Crippen LogP contribution in [0.2, 0.25) is 0 Å². The van der Waals surface area contributed by atoms with E-state index < -0.39 is 5.97 Å². The van der Waals surface area contributed by atoms with Crippen molar-refractivity contribution in [2.75, 3.05) is 14.2 Å². The number of carboxylic acids is 1. The van der Waals surface area contributed by atoms with Crippen molar-refractivity contribution < 1.29 is 19.4 Å². The first-order chi connectivity index (χ1) is 8.09. The summed E-state index contributed by atoms with van der Waals surface area (Å²) in [6.45, 7) is 0. The number of hydrogen-bond donors (Lipinski definition) is 1. The SMILES string of the molecule is COc1cc(OC)cc(C2(CC(=O)O)CC2)c1. The molecule has 1 aromatic carbocycles. The Morgan fingerprint density at radius 2 is 1.76 bits per heavy atom. The van der Waals surface area contributed by atoms with Gasteiger partial charge in [0, 0.05) is 11.5 Å². The zero-order valence-electron chi connectivity index (χ0n) is 10.0. The van der Waals surface area contributed by atoms with Gasteiger partial charge in [-0.2, -0.15) is 0 Å². The molecule has 0 radical (unpaired) electrons. The van der Waals surface area contributed by atoms with Gasteiger partial charge in [0.25, 0.3) is 0 Å². The van der Waals surface area contributed by atoms with Gasteiger partial charge >= 0.3 is 5.97 Å². The Morgan fingerprint density at radius 1 is 1.24 bits per heavy atom. The number of carboxylic acid groups (broad SMARTS) is 1. The minimum Gasteiger partial charge on any atom is -0.497 e. The Labute approximate surface area is 100 Å². The second-order valence-corrected chi connectivity index (χ2v) is 4.45. The number of aliphatic carboxylic acids is 1. The molecule has 1 aliphatic rings. The van der Waals surface area contributed by atoms with Crippen molar-refractivity contribution in [3.63, 3.8) is 0 Å². The van der Waals surface area contributed by atoms with Gasteiger partial charge in [-0.05, 0) is 30.5 Å². The van der Waals surface area contributed by atoms with Crippen LogP contribution >= 0.6 is 0 Å². The molecule has 0 bridgehead atoms. The molecule has 4 nitrogen and oxygen atoms in total. The molecule has 17 heavy (non-hydrogen) atoms. The van der Waals surface area contributed by atoms with E-state index in [4.69, 9.17) is 14.6 Å². The van der Waals surface area contributed by atoms with Gasteiger partial charge in [0.1, 0.15) is 11.5 Å². The number of benzene rings is 1. The summed E-state index contributed by atoms with van der Waals surface area (Å²) < 4.78 is 10.4. The predicted octanol–water partition coefficient (Wildman–Crippen LogP) is 2.21. The highest BCUT2D eigenvalue weighted by Gasteiger charge is 2.46. The summed E-state index contributed by atoms with van der Waals surface area (Å²) in [6, 6.07) is 5.59. The van der Waals surface area contributed by atoms with Crippen LogP contribution in [0, 0.1) is 0 Å². The molecule has 0 spiro atoms. The van der Waals surface area contributed by atoms with E-state index in [-0.39, 0.29) is 11.8 Å². The maximum absolute atomic E-state index is 10.9. The van der Waals surface area contributed by atoms with Gasteiger partial charge in [0.15, 0.2) is 0 Å². The second kappa shape index (κ2) is 4.28. The van der Waals surface area contributed by atoms with Gasteiger partial charge in [0.05, 0.1) is 20.6 Å². The Bertz CT molecular complexity index is 413. The third-order valence-corrected chi connectivity index (χ3v) is 3.31. The summed E-state index contributed by atoms with van der Waals surface area (Å²) in [5.41, 5.74) is 0.782. The standard InChI is InChI=1S/C13H16O4/c1-16-10-5-9(6-11(7-10)17-2)13(3-4-13)8-12(14)15/h5-7H,3-4,8H2,1-2H3,(H,14,15). The fourth-order valence-corrected chi connectivity index (χ4v) is 2.12. The van der Waals surface area contributed by atoms with E-state index in [9.17, 15) is 4.79 Å². The molecule has 1 fully saturated rings. The lowest BCUT2D eigenvalue weighted by atomic mass is 9.92. The van der Waals surface area contributed by atoms with E-state index >= 15 is 0 Å². The molecule has 0 saturated heterocycles. The van der Waals surface area contributed by atoms with Gasteiger partial charge in [-0.15, -0.1) is 0 Å². The summed E-state index contributed by atoms with van der Waals surface area (Å²) in [5, 5.41) is 8.94. The number of carbonyl (C=O) groups is 1. The van der Waals surface area contributed by atoms with Crippen LogP contribution in [0.1, 0.15) is 24.8 Å². The first-order valence-electron chi connectivity index (χ1n) is 5.55. The number of ether oxygens (including phenoxy) is 2. The normalized spacial score (nSPS) is 16.4. The van der Waals surface area contributed by atoms with Crippen LogP contribution in [-0.4, -0.2) is 25.3 Å². The Hall–Kier alpha value is -1.71. The second-order valence-electron chi connectivity index (χ2n) is 4.45. The van der Waals surface area contributed by atoms with Crippen molar-refractivity contribution in [1.82, 2.24) is 0 Å². The van der Waals surface area contributed by atoms with Crippen LogP contribution in [0.15, 0.2) is 18.2 Å². The highest BCUT2D eigenvalue weighted by Crippen LogP contribution is 2.52. The minimum atomic E-state index is -0.760. The molecule has 0 aliphatic heterocycles. The first kappa shape index (κ1) is 11.8. The smallest absolute Gasteiger partial charge is 0.304 e. The first-order valence-corrected chi connectivity index (χ1v) is 5.55. The van der Waals surface area contributed by atoms with Crippen LogP contribution in [0.5, 0.6) is 11.5 Å². The highest BCUT2D eigenvalue weighted by atomic mass is 16.5. The van der Waals surface area contributed by atoms with E-state index in [1.165, 1.54) is 0 Å². The number of rotatable bonds is 5. The topological polar surface area (TPSA) is 55.8 Å². The third-order valence-electron chi connectivity index (χ3n) is 3.31. The largest absolute Gasteiger partial charge is 0.497 e. The molecule has 0 amide bonds. The molecular formula is C13H16O4. The van der Waals surface area contributed by atoms with Gasteiger partial charge < -0.3 is 14.6 Å². The summed E-state index contributed by atoms with van der Waals surface area (Å²) in [6.07, 6.45) is 1.99. The molecule has 0 atom stereocenters. The molecule has 92 valence electrons. The average molecular weight is 236 g/mol. The van der Waals surface area contributed by atoms with E-state index in [1.54, 1.807) is 20.3 Å². The molecule has 0 heterocycles. The molecule has 2 rings (SSSR count). The Kier molecular flexibility index (Phi) is 2.96. The van der Waals surface area contributed by atoms with Gasteiger partial charge in [-0.25, -0.2) is 0 Å². The summed E-state index contributed by atoms with van der Waals surface area (Å²) in [4.78, 5) is 10.9. The molecule has 0 unspecified atom stereocenters. The van der Waals surface area contributed by atoms with Crippen molar-refractivity contribution in [3.8, 4) is 11.5 Å². The average Bonchev–Trinajstić information content (AvgIpc) is 3.08. The lowest BCUT2D eigenvalue weighted by Gasteiger charge is -2.15. The van der Waals surface area contributed by atoms with Crippen molar-refractivity contribution in [1.29, 1.82) is 0 Å². The quantitative estimate of drug-likeness (QED) is 0.851. The van der Waals surface area contributed by atoms with E-state index in [0.717, 1.165) is 18.4 Å². The van der Waals surface area contributed by atoms with Crippen molar-refractivity contribution >= 4 is 5.97 Å². The summed E-state index contributed by atoms with van der Waals surface area (Å²) >= 11 is 0. The summed E-state index contributed by atoms with van der Waals surface area (Å²) in [7, 11) is 3.19. The monoisotopic (exact) mass is 236 g/mol. The Morgan fingerprint density at radius 3 is 2.12 bits per heavy atom. The fourth-order valence-electron chi connectivity index (χ4n) is 2.12. The Balaban J connectivity index is 2.34. The van der Waals surface area contributed by atoms with E-state index in [0.29, 0.717) is 11.5 Å². The number of hydrogen-bond acceptors (Lipinski definition) is 3. The maximum atomic E-state index is 10.9. The van der Waals surface area contributed by atoms with Crippen molar-refractivity contribution in [2.24, 2.45) is 0 Å². The van der Waals surface area contributed by atoms with Crippen molar-refractivity contribution in [3.05, 3.63) is 23.8 Å². The van der Waals surface area contributed by atoms with Gasteiger partial charge in [0.2, 0.25) is 0 Å². The molecule has 0 aromatic heterocycles. The van der Waals surface area contributed by atoms with Crippen molar-refractivity contribution in [2.45, 2.75) is 24.7 Å². The zero-order valence-corrected chi connectivity index (χ0v) is 10.0. The number of methoxy groups -OCH3 is 2. The molecule has 4 heteroatoms. The minimum absolute atomic E-state index is 0.170. The molecule has 1 N–H and O–H groups in total. The van der Waals surface area contributed by atoms with Crippen LogP contribution in [0.4, 0.5) is 0 Å². The molecule has 1 aromatic rings. The van der Waals surface area contributed by atoms with Crippen LogP contribution in [-0.2, 0) is 10.2 Å². The van der Waals surface area contributed by atoms with Gasteiger partial charge in [-0.3, -0.25) is 4.79 Å². The lowest BCUT2D eigenvalue weighted by Crippen LogP contribution is -2.13. The van der Waals surface area contributed by atoms with E-state index in [1.807, 2.05) is 12.1 Å². The summed E-state index contributed by atoms with van der Waals surface area (Å²) in [5.74, 6) is 0.649. The van der Waals surface area contributed by atoms with E-state index in [2.05, 4.69) is 0 Å². The fraction of sp³-hybridized carbons (Fsp3) is 0.462. The molecular weight excluding hydrogens is 220 g/mol. The molecule has 1 aliphatic carbocycles. The highest BCUT2D eigenvalue weighted by molar-refractivity contribution is 5.70. The zero-order chi connectivity index (χ0) is 12.5. The molecule has 1 saturated carbocycles. The third kappa shape index (κ3) is 2.35. The van der Waals surface area contributed by atoms with Crippen LogP contribution in [0.3, 0.4) is 0 Å². The van der Waals surface area contributed by atoms with Crippen LogP contribution < -0.4 is 9.47 Å². The van der Waals surface area contributed by atoms with Crippen LogP contribution in [0.25, 0.3) is 0 Å². The lowest BCUT2D eigenvalue weighted by molar-refractivity contribution is -0.137. The van der Waals surface area contributed by atoms with Gasteiger partial charge in [-0.1, -0.05) is 0 Å². The maximum Gasteiger partial charge on any atom is 0.304 e.